The highest BCUT2D eigenvalue weighted by molar-refractivity contribution is 7.14. The summed E-state index contributed by atoms with van der Waals surface area (Å²) >= 11 is 3.20. The van der Waals surface area contributed by atoms with E-state index in [9.17, 15) is 4.79 Å². The van der Waals surface area contributed by atoms with Crippen LogP contribution in [0, 0.1) is 0 Å². The van der Waals surface area contributed by atoms with Crippen molar-refractivity contribution in [3.05, 3.63) is 82.8 Å². The summed E-state index contributed by atoms with van der Waals surface area (Å²) in [4.78, 5) is 21.6. The van der Waals surface area contributed by atoms with E-state index in [0.717, 1.165) is 38.9 Å². The average molecular weight is 417 g/mol. The SMILES string of the molecule is O=C(Cc1csc(-c2ccsc2)n1)Nc1ccc(-c2cn3ccccc3n2)cc1. The molecule has 142 valence electrons. The number of thiophene rings is 1. The topological polar surface area (TPSA) is 59.3 Å². The van der Waals surface area contributed by atoms with Crippen LogP contribution in [-0.2, 0) is 11.2 Å². The Bertz CT molecular complexity index is 1240. The second-order valence-corrected chi connectivity index (χ2v) is 8.19. The minimum absolute atomic E-state index is 0.0763. The molecule has 0 bridgehead atoms. The van der Waals surface area contributed by atoms with Crippen LogP contribution in [0.4, 0.5) is 5.69 Å². The first kappa shape index (κ1) is 17.8. The van der Waals surface area contributed by atoms with Crippen LogP contribution in [0.2, 0.25) is 0 Å². The summed E-state index contributed by atoms with van der Waals surface area (Å²) < 4.78 is 1.99. The van der Waals surface area contributed by atoms with Gasteiger partial charge in [-0.25, -0.2) is 9.97 Å². The van der Waals surface area contributed by atoms with Crippen LogP contribution in [0.15, 0.2) is 77.1 Å². The maximum absolute atomic E-state index is 12.4. The van der Waals surface area contributed by atoms with Gasteiger partial charge in [0.1, 0.15) is 10.7 Å². The van der Waals surface area contributed by atoms with Gasteiger partial charge in [-0.15, -0.1) is 11.3 Å². The van der Waals surface area contributed by atoms with E-state index in [4.69, 9.17) is 0 Å². The predicted octanol–water partition coefficient (Wildman–Crippen LogP) is 5.37. The van der Waals surface area contributed by atoms with E-state index in [1.165, 1.54) is 0 Å². The lowest BCUT2D eigenvalue weighted by Gasteiger charge is -2.05. The number of aromatic nitrogens is 3. The number of benzene rings is 1. The van der Waals surface area contributed by atoms with Gasteiger partial charge in [0.05, 0.1) is 17.8 Å². The summed E-state index contributed by atoms with van der Waals surface area (Å²) in [5, 5.41) is 9.92. The molecule has 4 aromatic heterocycles. The van der Waals surface area contributed by atoms with Gasteiger partial charge in [0.25, 0.3) is 0 Å². The Kier molecular flexibility index (Phi) is 4.67. The molecule has 0 aliphatic heterocycles. The van der Waals surface area contributed by atoms with E-state index in [-0.39, 0.29) is 12.3 Å². The smallest absolute Gasteiger partial charge is 0.230 e. The Morgan fingerprint density at radius 1 is 1.00 bits per heavy atom. The zero-order chi connectivity index (χ0) is 19.6. The predicted molar refractivity (Wildman–Crippen MR) is 118 cm³/mol. The lowest BCUT2D eigenvalue weighted by Crippen LogP contribution is -2.14. The van der Waals surface area contributed by atoms with Crippen LogP contribution in [0.3, 0.4) is 0 Å². The monoisotopic (exact) mass is 416 g/mol. The van der Waals surface area contributed by atoms with E-state index in [1.807, 2.05) is 76.1 Å². The van der Waals surface area contributed by atoms with E-state index in [1.54, 1.807) is 22.7 Å². The molecule has 0 aliphatic rings. The van der Waals surface area contributed by atoms with Gasteiger partial charge in [0.2, 0.25) is 5.91 Å². The fourth-order valence-electron chi connectivity index (χ4n) is 3.07. The largest absolute Gasteiger partial charge is 0.326 e. The van der Waals surface area contributed by atoms with Crippen LogP contribution in [0.1, 0.15) is 5.69 Å². The van der Waals surface area contributed by atoms with Gasteiger partial charge >= 0.3 is 0 Å². The Hall–Kier alpha value is -3.29. The molecule has 1 aromatic carbocycles. The van der Waals surface area contributed by atoms with Gasteiger partial charge in [0, 0.05) is 40.0 Å². The van der Waals surface area contributed by atoms with Gasteiger partial charge in [-0.1, -0.05) is 18.2 Å². The molecule has 5 rings (SSSR count). The number of imidazole rings is 1. The number of rotatable bonds is 5. The van der Waals surface area contributed by atoms with E-state index < -0.39 is 0 Å². The molecule has 0 saturated carbocycles. The molecule has 7 heteroatoms. The second kappa shape index (κ2) is 7.62. The third-order valence-corrected chi connectivity index (χ3v) is 6.11. The van der Waals surface area contributed by atoms with Gasteiger partial charge in [0.15, 0.2) is 0 Å². The van der Waals surface area contributed by atoms with Crippen molar-refractivity contribution in [3.63, 3.8) is 0 Å². The van der Waals surface area contributed by atoms with Crippen molar-refractivity contribution < 1.29 is 4.79 Å². The number of pyridine rings is 1. The lowest BCUT2D eigenvalue weighted by molar-refractivity contribution is -0.115. The first-order valence-electron chi connectivity index (χ1n) is 9.05. The number of fused-ring (bicyclic) bond motifs is 1. The third-order valence-electron chi connectivity index (χ3n) is 4.49. The summed E-state index contributed by atoms with van der Waals surface area (Å²) in [6, 6.07) is 15.7. The number of anilines is 1. The zero-order valence-corrected chi connectivity index (χ0v) is 16.9. The van der Waals surface area contributed by atoms with Crippen molar-refractivity contribution in [2.75, 3.05) is 5.32 Å². The number of carbonyl (C=O) groups is 1. The van der Waals surface area contributed by atoms with Gasteiger partial charge in [-0.05, 0) is 35.7 Å². The van der Waals surface area contributed by atoms with Crippen LogP contribution in [0.25, 0.3) is 27.5 Å². The first-order valence-corrected chi connectivity index (χ1v) is 10.9. The molecule has 0 saturated heterocycles. The van der Waals surface area contributed by atoms with Crippen molar-refractivity contribution >= 4 is 39.9 Å². The molecule has 5 aromatic rings. The summed E-state index contributed by atoms with van der Waals surface area (Å²) in [5.41, 5.74) is 5.47. The Morgan fingerprint density at radius 3 is 2.69 bits per heavy atom. The maximum Gasteiger partial charge on any atom is 0.230 e. The van der Waals surface area contributed by atoms with Gasteiger partial charge < -0.3 is 9.72 Å². The second-order valence-electron chi connectivity index (χ2n) is 6.55. The van der Waals surface area contributed by atoms with Crippen molar-refractivity contribution in [2.45, 2.75) is 6.42 Å². The van der Waals surface area contributed by atoms with Crippen molar-refractivity contribution in [3.8, 4) is 21.8 Å². The zero-order valence-electron chi connectivity index (χ0n) is 15.3. The number of nitrogens with zero attached hydrogens (tertiary/aromatic N) is 3. The third kappa shape index (κ3) is 3.83. The quantitative estimate of drug-likeness (QED) is 0.419. The molecular formula is C22H16N4OS2. The minimum Gasteiger partial charge on any atom is -0.326 e. The summed E-state index contributed by atoms with van der Waals surface area (Å²) in [5.74, 6) is -0.0763. The standard InChI is InChI=1S/C22H16N4OS2/c27-21(11-18-14-29-22(24-18)16-8-10-28-13-16)23-17-6-4-15(5-7-17)19-12-26-9-2-1-3-20(26)25-19/h1-10,12-14H,11H2,(H,23,27). The molecule has 1 amide bonds. The summed E-state index contributed by atoms with van der Waals surface area (Å²) in [7, 11) is 0. The number of nitrogens with one attached hydrogen (secondary N) is 1. The molecule has 4 heterocycles. The molecule has 0 atom stereocenters. The van der Waals surface area contributed by atoms with Crippen LogP contribution >= 0.6 is 22.7 Å². The van der Waals surface area contributed by atoms with E-state index in [2.05, 4.69) is 20.7 Å². The fourth-order valence-corrected chi connectivity index (χ4v) is 4.61. The Morgan fingerprint density at radius 2 is 1.90 bits per heavy atom. The van der Waals surface area contributed by atoms with Gasteiger partial charge in [-0.2, -0.15) is 11.3 Å². The first-order chi connectivity index (χ1) is 14.2. The van der Waals surface area contributed by atoms with Crippen molar-refractivity contribution in [2.24, 2.45) is 0 Å². The average Bonchev–Trinajstić information content (AvgIpc) is 3.48. The highest BCUT2D eigenvalue weighted by Crippen LogP contribution is 2.26. The molecule has 1 N–H and O–H groups in total. The molecule has 29 heavy (non-hydrogen) atoms. The molecule has 0 spiro atoms. The minimum atomic E-state index is -0.0763. The number of hydrogen-bond donors (Lipinski definition) is 1. The van der Waals surface area contributed by atoms with Gasteiger partial charge in [-0.3, -0.25) is 4.79 Å². The molecular weight excluding hydrogens is 400 g/mol. The number of amides is 1. The molecule has 0 aliphatic carbocycles. The number of hydrogen-bond acceptors (Lipinski definition) is 5. The Labute approximate surface area is 175 Å². The lowest BCUT2D eigenvalue weighted by atomic mass is 10.1. The normalized spacial score (nSPS) is 11.0. The molecule has 0 radical (unpaired) electrons. The van der Waals surface area contributed by atoms with Crippen LogP contribution in [0.5, 0.6) is 0 Å². The van der Waals surface area contributed by atoms with E-state index >= 15 is 0 Å². The van der Waals surface area contributed by atoms with Crippen LogP contribution < -0.4 is 5.32 Å². The maximum atomic E-state index is 12.4. The van der Waals surface area contributed by atoms with E-state index in [0.29, 0.717) is 0 Å². The molecule has 0 fully saturated rings. The van der Waals surface area contributed by atoms with Crippen molar-refractivity contribution in [1.29, 1.82) is 0 Å². The molecule has 0 unspecified atom stereocenters. The Balaban J connectivity index is 1.25. The number of thiazole rings is 1. The highest BCUT2D eigenvalue weighted by Gasteiger charge is 2.10. The molecule has 5 nitrogen and oxygen atoms in total. The number of carbonyl (C=O) groups excluding carboxylic acids is 1. The fraction of sp³-hybridized carbons (Fsp3) is 0.0455. The highest BCUT2D eigenvalue weighted by atomic mass is 32.1. The summed E-state index contributed by atoms with van der Waals surface area (Å²) in [6.07, 6.45) is 4.23. The van der Waals surface area contributed by atoms with Crippen molar-refractivity contribution in [1.82, 2.24) is 14.4 Å². The summed E-state index contributed by atoms with van der Waals surface area (Å²) in [6.45, 7) is 0. The van der Waals surface area contributed by atoms with Crippen LogP contribution in [-0.4, -0.2) is 20.3 Å².